The van der Waals surface area contributed by atoms with Gasteiger partial charge in [-0.3, -0.25) is 9.78 Å². The van der Waals surface area contributed by atoms with Crippen LogP contribution >= 0.6 is 7.60 Å². The van der Waals surface area contributed by atoms with Crippen LogP contribution in [0.2, 0.25) is 0 Å². The van der Waals surface area contributed by atoms with Crippen LogP contribution in [0.25, 0.3) is 0 Å². The minimum absolute atomic E-state index is 0. The van der Waals surface area contributed by atoms with Crippen LogP contribution in [0.15, 0.2) is 15.8 Å². The number of aromatic nitrogens is 2. The fraction of sp³-hybridized carbons (Fsp3) is 0.714. The van der Waals surface area contributed by atoms with E-state index < -0.39 is 7.60 Å². The van der Waals surface area contributed by atoms with Gasteiger partial charge in [0.2, 0.25) is 0 Å². The molecule has 0 saturated carbocycles. The second-order valence-corrected chi connectivity index (χ2v) is 7.32. The van der Waals surface area contributed by atoms with Gasteiger partial charge < -0.3 is 25.1 Å². The Kier molecular flexibility index (Phi) is 9.99. The summed E-state index contributed by atoms with van der Waals surface area (Å²) in [5.41, 5.74) is -0.187. The highest BCUT2D eigenvalue weighted by Crippen LogP contribution is 2.30. The molecular formula is C14H28N3O5P. The molecule has 134 valence electrons. The summed E-state index contributed by atoms with van der Waals surface area (Å²) in [4.78, 5) is 44.2. The lowest BCUT2D eigenvalue weighted by Crippen LogP contribution is -2.30. The quantitative estimate of drug-likeness (QED) is 0.432. The Morgan fingerprint density at radius 3 is 2.22 bits per heavy atom. The van der Waals surface area contributed by atoms with E-state index in [-0.39, 0.29) is 23.6 Å². The van der Waals surface area contributed by atoms with Gasteiger partial charge in [0.15, 0.2) is 0 Å². The lowest BCUT2D eigenvalue weighted by molar-refractivity contribution is -0.193. The molecule has 0 amide bonds. The van der Waals surface area contributed by atoms with E-state index in [1.54, 1.807) is 13.1 Å². The minimum Gasteiger partial charge on any atom is -0.779 e. The third-order valence-electron chi connectivity index (χ3n) is 3.53. The molecule has 0 bridgehead atoms. The van der Waals surface area contributed by atoms with Crippen molar-refractivity contribution in [1.29, 1.82) is 0 Å². The van der Waals surface area contributed by atoms with Crippen LogP contribution in [0.4, 0.5) is 0 Å². The molecular weight excluding hydrogens is 321 g/mol. The normalized spacial score (nSPS) is 13.3. The molecule has 0 fully saturated rings. The topological polar surface area (TPSA) is 152 Å². The van der Waals surface area contributed by atoms with Gasteiger partial charge in [0.25, 0.3) is 5.56 Å². The summed E-state index contributed by atoms with van der Waals surface area (Å²) >= 11 is 0. The summed E-state index contributed by atoms with van der Waals surface area (Å²) in [5, 5.41) is 0. The second-order valence-electron chi connectivity index (χ2n) is 5.60. The summed E-state index contributed by atoms with van der Waals surface area (Å²) in [6, 6.07) is 0. The Hall–Kier alpha value is -1.21. The van der Waals surface area contributed by atoms with Gasteiger partial charge in [-0.25, -0.2) is 4.79 Å². The monoisotopic (exact) mass is 349 g/mol. The molecule has 8 nitrogen and oxygen atoms in total. The molecule has 6 N–H and O–H groups in total. The highest BCUT2D eigenvalue weighted by molar-refractivity contribution is 7.50. The van der Waals surface area contributed by atoms with Crippen LogP contribution in [0, 0.1) is 6.92 Å². The number of aryl methyl sites for hydroxylation is 2. The van der Waals surface area contributed by atoms with Crippen molar-refractivity contribution in [3.63, 3.8) is 0 Å². The first-order valence-electron chi connectivity index (χ1n) is 7.63. The molecule has 1 rings (SSSR count). The Morgan fingerprint density at radius 2 is 1.65 bits per heavy atom. The number of nitrogens with one attached hydrogen (secondary N) is 1. The SMILES string of the molecule is Cc1cn(CCCCCCCCCP(=O)([O-])O)c(=O)[nH]c1=O.[NH4+]. The second kappa shape index (κ2) is 10.5. The summed E-state index contributed by atoms with van der Waals surface area (Å²) in [5.74, 6) is 0. The van der Waals surface area contributed by atoms with Crippen molar-refractivity contribution in [1.82, 2.24) is 15.7 Å². The average molecular weight is 349 g/mol. The number of unbranched alkanes of at least 4 members (excludes halogenated alkanes) is 6. The smallest absolute Gasteiger partial charge is 0.328 e. The maximum Gasteiger partial charge on any atom is 0.328 e. The van der Waals surface area contributed by atoms with E-state index in [2.05, 4.69) is 4.98 Å². The van der Waals surface area contributed by atoms with Gasteiger partial charge in [-0.05, 0) is 19.8 Å². The Balaban J connectivity index is 0.00000484. The summed E-state index contributed by atoms with van der Waals surface area (Å²) < 4.78 is 12.1. The molecule has 0 aromatic carbocycles. The predicted octanol–water partition coefficient (Wildman–Crippen LogP) is 1.50. The number of aromatic amines is 1. The molecule has 0 radical (unpaired) electrons. The fourth-order valence-corrected chi connectivity index (χ4v) is 2.89. The number of H-pyrrole nitrogens is 1. The zero-order chi connectivity index (χ0) is 16.6. The lowest BCUT2D eigenvalue weighted by atomic mass is 10.1. The number of hydrogen-bond donors (Lipinski definition) is 3. The van der Waals surface area contributed by atoms with E-state index in [0.29, 0.717) is 18.5 Å². The molecule has 9 heteroatoms. The Bertz CT molecular complexity index is 620. The van der Waals surface area contributed by atoms with Crippen molar-refractivity contribution >= 4 is 7.60 Å². The minimum atomic E-state index is -4.09. The van der Waals surface area contributed by atoms with E-state index in [4.69, 9.17) is 4.89 Å². The molecule has 0 aliphatic carbocycles. The zero-order valence-electron chi connectivity index (χ0n) is 13.9. The summed E-state index contributed by atoms with van der Waals surface area (Å²) in [7, 11) is -4.09. The van der Waals surface area contributed by atoms with Crippen molar-refractivity contribution < 1.29 is 14.4 Å². The van der Waals surface area contributed by atoms with Crippen LogP contribution in [0.5, 0.6) is 0 Å². The molecule has 1 aromatic heterocycles. The van der Waals surface area contributed by atoms with Gasteiger partial charge in [0.1, 0.15) is 7.60 Å². The van der Waals surface area contributed by atoms with Gasteiger partial charge in [-0.2, -0.15) is 0 Å². The zero-order valence-corrected chi connectivity index (χ0v) is 14.8. The number of quaternary nitrogens is 1. The van der Waals surface area contributed by atoms with Crippen molar-refractivity contribution in [2.45, 2.75) is 58.4 Å². The maximum atomic E-state index is 11.5. The van der Waals surface area contributed by atoms with Crippen molar-refractivity contribution in [3.05, 3.63) is 32.6 Å². The van der Waals surface area contributed by atoms with Crippen LogP contribution in [-0.4, -0.2) is 20.6 Å². The number of rotatable bonds is 10. The molecule has 0 aliphatic rings. The van der Waals surface area contributed by atoms with E-state index in [9.17, 15) is 19.0 Å². The number of hydrogen-bond acceptors (Lipinski definition) is 4. The van der Waals surface area contributed by atoms with Gasteiger partial charge in [0.05, 0.1) is 0 Å². The van der Waals surface area contributed by atoms with Crippen LogP contribution < -0.4 is 22.3 Å². The summed E-state index contributed by atoms with van der Waals surface area (Å²) in [6.45, 7) is 2.25. The molecule has 0 saturated heterocycles. The van der Waals surface area contributed by atoms with Crippen molar-refractivity contribution in [2.75, 3.05) is 6.16 Å². The highest BCUT2D eigenvalue weighted by atomic mass is 31.2. The molecule has 1 unspecified atom stereocenters. The Morgan fingerprint density at radius 1 is 1.13 bits per heavy atom. The predicted molar refractivity (Wildman–Crippen MR) is 89.1 cm³/mol. The third kappa shape index (κ3) is 9.50. The number of nitrogens with zero attached hydrogens (tertiary/aromatic N) is 1. The van der Waals surface area contributed by atoms with E-state index in [0.717, 1.165) is 38.5 Å². The van der Waals surface area contributed by atoms with Crippen LogP contribution in [0.1, 0.15) is 50.5 Å². The molecule has 0 aliphatic heterocycles. The third-order valence-corrected chi connectivity index (χ3v) is 4.41. The molecule has 1 aromatic rings. The average Bonchev–Trinajstić information content (AvgIpc) is 2.41. The van der Waals surface area contributed by atoms with Crippen LogP contribution in [-0.2, 0) is 11.1 Å². The first kappa shape index (κ1) is 21.8. The highest BCUT2D eigenvalue weighted by Gasteiger charge is 2.02. The largest absolute Gasteiger partial charge is 0.779 e. The summed E-state index contributed by atoms with van der Waals surface area (Å²) in [6.07, 6.45) is 7.55. The molecule has 1 atom stereocenters. The van der Waals surface area contributed by atoms with Crippen LogP contribution in [0.3, 0.4) is 0 Å². The van der Waals surface area contributed by atoms with E-state index in [1.807, 2.05) is 0 Å². The molecule has 23 heavy (non-hydrogen) atoms. The maximum absolute atomic E-state index is 11.5. The fourth-order valence-electron chi connectivity index (χ4n) is 2.26. The lowest BCUT2D eigenvalue weighted by Gasteiger charge is -2.14. The van der Waals surface area contributed by atoms with Crippen molar-refractivity contribution in [3.8, 4) is 0 Å². The van der Waals surface area contributed by atoms with Gasteiger partial charge in [0, 0.05) is 24.5 Å². The first-order chi connectivity index (χ1) is 10.3. The van der Waals surface area contributed by atoms with Gasteiger partial charge >= 0.3 is 5.69 Å². The molecule has 0 spiro atoms. The van der Waals surface area contributed by atoms with Crippen molar-refractivity contribution in [2.24, 2.45) is 0 Å². The van der Waals surface area contributed by atoms with Gasteiger partial charge in [-0.15, -0.1) is 0 Å². The van der Waals surface area contributed by atoms with Gasteiger partial charge in [-0.1, -0.05) is 32.1 Å². The van der Waals surface area contributed by atoms with E-state index >= 15 is 0 Å². The Labute approximate surface area is 135 Å². The molecule has 1 heterocycles. The standard InChI is InChI=1S/C14H25N2O5P.H3N/c1-12-11-16(14(18)15-13(12)17)9-7-5-3-2-4-6-8-10-22(19,20)21;/h11H,2-10H2,1H3,(H,15,17,18)(H2,19,20,21);1H3. The van der Waals surface area contributed by atoms with E-state index in [1.165, 1.54) is 4.57 Å². The first-order valence-corrected chi connectivity index (χ1v) is 9.39.